The average molecular weight is 256 g/mol. The summed E-state index contributed by atoms with van der Waals surface area (Å²) in [5.74, 6) is 0. The molecule has 98 valence electrons. The van der Waals surface area contributed by atoms with E-state index in [1.165, 1.54) is 0 Å². The van der Waals surface area contributed by atoms with Gasteiger partial charge in [-0.2, -0.15) is 0 Å². The second-order valence-corrected chi connectivity index (χ2v) is 6.26. The number of aromatic nitrogens is 1. The molecule has 1 aromatic rings. The van der Waals surface area contributed by atoms with Crippen molar-refractivity contribution in [1.29, 1.82) is 0 Å². The van der Waals surface area contributed by atoms with Crippen LogP contribution in [0.3, 0.4) is 0 Å². The van der Waals surface area contributed by atoms with E-state index in [4.69, 9.17) is 9.72 Å². The Morgan fingerprint density at radius 3 is 2.41 bits per heavy atom. The van der Waals surface area contributed by atoms with Crippen molar-refractivity contribution in [3.63, 3.8) is 0 Å². The second kappa shape index (κ2) is 5.46. The van der Waals surface area contributed by atoms with Gasteiger partial charge >= 0.3 is 0 Å². The molecule has 1 atom stereocenters. The van der Waals surface area contributed by atoms with E-state index in [0.29, 0.717) is 6.61 Å². The number of methoxy groups -OCH3 is 1. The molecule has 3 nitrogen and oxygen atoms in total. The largest absolute Gasteiger partial charge is 0.382 e. The van der Waals surface area contributed by atoms with Crippen LogP contribution in [0.1, 0.15) is 44.8 Å². The van der Waals surface area contributed by atoms with Crippen molar-refractivity contribution in [3.05, 3.63) is 16.1 Å². The summed E-state index contributed by atoms with van der Waals surface area (Å²) in [4.78, 5) is 4.79. The summed E-state index contributed by atoms with van der Waals surface area (Å²) >= 11 is 1.72. The zero-order valence-corrected chi connectivity index (χ0v) is 12.6. The molecule has 0 aliphatic carbocycles. The van der Waals surface area contributed by atoms with Crippen LogP contribution in [0.15, 0.2) is 5.38 Å². The number of rotatable bonds is 5. The molecule has 0 amide bonds. The number of thiazole rings is 1. The van der Waals surface area contributed by atoms with Crippen LogP contribution < -0.4 is 5.32 Å². The van der Waals surface area contributed by atoms with E-state index in [9.17, 15) is 0 Å². The molecule has 0 saturated carbocycles. The lowest BCUT2D eigenvalue weighted by atomic mass is 9.93. The van der Waals surface area contributed by atoms with Gasteiger partial charge in [-0.25, -0.2) is 4.98 Å². The molecule has 1 heterocycles. The number of nitrogens with zero attached hydrogens (tertiary/aromatic N) is 1. The Bertz CT molecular complexity index is 351. The van der Waals surface area contributed by atoms with Gasteiger partial charge in [0.15, 0.2) is 0 Å². The van der Waals surface area contributed by atoms with Gasteiger partial charge in [0.1, 0.15) is 5.01 Å². The van der Waals surface area contributed by atoms with Crippen LogP contribution in [0.25, 0.3) is 0 Å². The van der Waals surface area contributed by atoms with Crippen molar-refractivity contribution in [2.75, 3.05) is 20.8 Å². The van der Waals surface area contributed by atoms with E-state index in [1.807, 2.05) is 7.05 Å². The highest BCUT2D eigenvalue weighted by atomic mass is 32.1. The minimum Gasteiger partial charge on any atom is -0.382 e. The molecular formula is C13H24N2OS. The smallest absolute Gasteiger partial charge is 0.115 e. The van der Waals surface area contributed by atoms with Crippen LogP contribution in [0.5, 0.6) is 0 Å². The van der Waals surface area contributed by atoms with E-state index in [0.717, 1.165) is 17.1 Å². The standard InChI is InChI=1S/C13H24N2OS/c1-7-13(14-5,9-16-6)11-15-10(8-17-11)12(2,3)4/h8,14H,7,9H2,1-6H3. The quantitative estimate of drug-likeness (QED) is 0.879. The molecule has 0 fully saturated rings. The Balaban J connectivity index is 3.08. The fourth-order valence-corrected chi connectivity index (χ4v) is 3.07. The Morgan fingerprint density at radius 1 is 1.41 bits per heavy atom. The van der Waals surface area contributed by atoms with Gasteiger partial charge in [-0.1, -0.05) is 27.7 Å². The molecule has 0 aromatic carbocycles. The Labute approximate surface area is 109 Å². The van der Waals surface area contributed by atoms with Gasteiger partial charge < -0.3 is 10.1 Å². The molecule has 0 spiro atoms. The third-order valence-electron chi connectivity index (χ3n) is 3.15. The van der Waals surface area contributed by atoms with E-state index >= 15 is 0 Å². The summed E-state index contributed by atoms with van der Waals surface area (Å²) in [7, 11) is 3.71. The molecule has 1 N–H and O–H groups in total. The molecule has 0 bridgehead atoms. The molecule has 0 radical (unpaired) electrons. The molecule has 0 saturated heterocycles. The topological polar surface area (TPSA) is 34.1 Å². The van der Waals surface area contributed by atoms with Crippen LogP contribution in [-0.4, -0.2) is 25.7 Å². The monoisotopic (exact) mass is 256 g/mol. The summed E-state index contributed by atoms with van der Waals surface area (Å²) in [6.07, 6.45) is 0.967. The lowest BCUT2D eigenvalue weighted by Crippen LogP contribution is -2.43. The molecule has 1 rings (SSSR count). The zero-order chi connectivity index (χ0) is 13.1. The third kappa shape index (κ3) is 3.06. The summed E-state index contributed by atoms with van der Waals surface area (Å²) in [6.45, 7) is 9.38. The molecular weight excluding hydrogens is 232 g/mol. The Morgan fingerprint density at radius 2 is 2.06 bits per heavy atom. The van der Waals surface area contributed by atoms with E-state index in [-0.39, 0.29) is 11.0 Å². The number of ether oxygens (including phenoxy) is 1. The molecule has 4 heteroatoms. The fourth-order valence-electron chi connectivity index (χ4n) is 1.76. The van der Waals surface area contributed by atoms with Crippen molar-refractivity contribution < 1.29 is 4.74 Å². The fraction of sp³-hybridized carbons (Fsp3) is 0.769. The highest BCUT2D eigenvalue weighted by molar-refractivity contribution is 7.09. The zero-order valence-electron chi connectivity index (χ0n) is 11.8. The molecule has 1 aromatic heterocycles. The lowest BCUT2D eigenvalue weighted by Gasteiger charge is -2.29. The van der Waals surface area contributed by atoms with Crippen molar-refractivity contribution in [3.8, 4) is 0 Å². The van der Waals surface area contributed by atoms with Crippen molar-refractivity contribution in [2.45, 2.75) is 45.1 Å². The van der Waals surface area contributed by atoms with Crippen LogP contribution in [0.4, 0.5) is 0 Å². The minimum absolute atomic E-state index is 0.106. The van der Waals surface area contributed by atoms with Gasteiger partial charge in [0, 0.05) is 17.9 Å². The second-order valence-electron chi connectivity index (χ2n) is 5.41. The van der Waals surface area contributed by atoms with Crippen LogP contribution in [0, 0.1) is 0 Å². The van der Waals surface area contributed by atoms with Crippen molar-refractivity contribution in [1.82, 2.24) is 10.3 Å². The van der Waals surface area contributed by atoms with E-state index in [1.54, 1.807) is 18.4 Å². The number of likely N-dealkylation sites (N-methyl/N-ethyl adjacent to an activating group) is 1. The van der Waals surface area contributed by atoms with Crippen LogP contribution in [0.2, 0.25) is 0 Å². The first-order chi connectivity index (χ1) is 7.89. The van der Waals surface area contributed by atoms with Gasteiger partial charge in [-0.15, -0.1) is 11.3 Å². The summed E-state index contributed by atoms with van der Waals surface area (Å²) in [6, 6.07) is 0. The number of hydrogen-bond acceptors (Lipinski definition) is 4. The number of nitrogens with one attached hydrogen (secondary N) is 1. The van der Waals surface area contributed by atoms with E-state index < -0.39 is 0 Å². The van der Waals surface area contributed by atoms with Gasteiger partial charge in [-0.3, -0.25) is 0 Å². The van der Waals surface area contributed by atoms with Gasteiger partial charge in [0.25, 0.3) is 0 Å². The maximum absolute atomic E-state index is 5.34. The highest BCUT2D eigenvalue weighted by Gasteiger charge is 2.33. The van der Waals surface area contributed by atoms with E-state index in [2.05, 4.69) is 38.4 Å². The number of hydrogen-bond donors (Lipinski definition) is 1. The predicted molar refractivity (Wildman–Crippen MR) is 73.7 cm³/mol. The molecule has 0 aliphatic heterocycles. The maximum Gasteiger partial charge on any atom is 0.115 e. The SMILES string of the molecule is CCC(COC)(NC)c1nc(C(C)(C)C)cs1. The van der Waals surface area contributed by atoms with Crippen molar-refractivity contribution >= 4 is 11.3 Å². The summed E-state index contributed by atoms with van der Waals surface area (Å²) in [5.41, 5.74) is 1.11. The minimum atomic E-state index is -0.150. The summed E-state index contributed by atoms with van der Waals surface area (Å²) < 4.78 is 5.34. The highest BCUT2D eigenvalue weighted by Crippen LogP contribution is 2.31. The Kier molecular flexibility index (Phi) is 4.69. The van der Waals surface area contributed by atoms with Gasteiger partial charge in [-0.05, 0) is 13.5 Å². The lowest BCUT2D eigenvalue weighted by molar-refractivity contribution is 0.109. The van der Waals surface area contributed by atoms with Gasteiger partial charge in [0.05, 0.1) is 17.8 Å². The average Bonchev–Trinajstić information content (AvgIpc) is 2.75. The third-order valence-corrected chi connectivity index (χ3v) is 4.20. The van der Waals surface area contributed by atoms with Gasteiger partial charge in [0.2, 0.25) is 0 Å². The van der Waals surface area contributed by atoms with Crippen molar-refractivity contribution in [2.24, 2.45) is 0 Å². The Hall–Kier alpha value is -0.450. The predicted octanol–water partition coefficient (Wildman–Crippen LogP) is 2.91. The normalized spacial score (nSPS) is 15.9. The first-order valence-corrected chi connectivity index (χ1v) is 6.92. The van der Waals surface area contributed by atoms with Crippen LogP contribution >= 0.6 is 11.3 Å². The first kappa shape index (κ1) is 14.6. The first-order valence-electron chi connectivity index (χ1n) is 6.04. The molecule has 17 heavy (non-hydrogen) atoms. The maximum atomic E-state index is 5.34. The molecule has 0 aliphatic rings. The summed E-state index contributed by atoms with van der Waals surface area (Å²) in [5, 5.41) is 6.65. The molecule has 1 unspecified atom stereocenters. The van der Waals surface area contributed by atoms with Crippen LogP contribution in [-0.2, 0) is 15.7 Å².